The highest BCUT2D eigenvalue weighted by molar-refractivity contribution is 5.89. The molecular weight excluding hydrogens is 639 g/mol. The molecule has 1 heteroatoms. The normalized spacial score (nSPS) is 11.0. The van der Waals surface area contributed by atoms with Crippen molar-refractivity contribution in [1.82, 2.24) is 0 Å². The van der Waals surface area contributed by atoms with Crippen LogP contribution in [0.5, 0.6) is 0 Å². The maximum atomic E-state index is 2.43. The first-order valence-electron chi connectivity index (χ1n) is 18.4. The molecule has 0 N–H and O–H groups in total. The molecular formula is C52H43N. The molecule has 0 saturated heterocycles. The van der Waals surface area contributed by atoms with Gasteiger partial charge >= 0.3 is 0 Å². The van der Waals surface area contributed by atoms with Gasteiger partial charge in [-0.1, -0.05) is 162 Å². The molecule has 0 fully saturated rings. The predicted molar refractivity (Wildman–Crippen MR) is 227 cm³/mol. The zero-order chi connectivity index (χ0) is 36.3. The lowest BCUT2D eigenvalue weighted by molar-refractivity contribution is 1.28. The van der Waals surface area contributed by atoms with Gasteiger partial charge in [-0.15, -0.1) is 0 Å². The molecule has 0 atom stereocenters. The van der Waals surface area contributed by atoms with E-state index in [-0.39, 0.29) is 0 Å². The van der Waals surface area contributed by atoms with Gasteiger partial charge in [0.25, 0.3) is 0 Å². The molecule has 53 heavy (non-hydrogen) atoms. The summed E-state index contributed by atoms with van der Waals surface area (Å²) in [6.07, 6.45) is 0. The molecule has 0 aliphatic rings. The topological polar surface area (TPSA) is 3.24 Å². The first-order chi connectivity index (χ1) is 25.9. The number of benzene rings is 8. The lowest BCUT2D eigenvalue weighted by Gasteiger charge is -2.28. The van der Waals surface area contributed by atoms with Crippen molar-refractivity contribution in [3.05, 3.63) is 210 Å². The minimum Gasteiger partial charge on any atom is -0.310 e. The van der Waals surface area contributed by atoms with E-state index >= 15 is 0 Å². The Balaban J connectivity index is 1.38. The molecule has 0 amide bonds. The second-order valence-electron chi connectivity index (χ2n) is 14.2. The largest absolute Gasteiger partial charge is 0.310 e. The van der Waals surface area contributed by atoms with Crippen molar-refractivity contribution in [3.8, 4) is 55.6 Å². The van der Waals surface area contributed by atoms with Crippen LogP contribution in [0.1, 0.15) is 22.3 Å². The van der Waals surface area contributed by atoms with Gasteiger partial charge < -0.3 is 4.90 Å². The molecule has 0 unspecified atom stereocenters. The van der Waals surface area contributed by atoms with E-state index in [0.717, 1.165) is 17.1 Å². The summed E-state index contributed by atoms with van der Waals surface area (Å²) in [6, 6.07) is 69.1. The van der Waals surface area contributed by atoms with Crippen LogP contribution < -0.4 is 4.90 Å². The molecule has 0 aromatic heterocycles. The molecule has 0 bridgehead atoms. The smallest absolute Gasteiger partial charge is 0.0473 e. The Hall–Kier alpha value is -6.44. The van der Waals surface area contributed by atoms with Gasteiger partial charge in [-0.3, -0.25) is 0 Å². The van der Waals surface area contributed by atoms with Gasteiger partial charge in [0.1, 0.15) is 0 Å². The SMILES string of the molecule is Cc1ccc(-c2cc(-c3ccc(C)cc3)cc(N(c3ccc(-c4ccccc4)cc3)c3cc(-c4ccc(C)cc4)cc(-c4ccc(C)cc4)c3)c2)cc1. The minimum absolute atomic E-state index is 1.09. The fraction of sp³-hybridized carbons (Fsp3) is 0.0769. The Morgan fingerprint density at radius 2 is 0.491 bits per heavy atom. The van der Waals surface area contributed by atoms with Crippen LogP contribution in [0.3, 0.4) is 0 Å². The first kappa shape index (κ1) is 33.7. The van der Waals surface area contributed by atoms with Crippen LogP contribution in [0.2, 0.25) is 0 Å². The van der Waals surface area contributed by atoms with E-state index in [1.54, 1.807) is 0 Å². The van der Waals surface area contributed by atoms with Gasteiger partial charge in [0.2, 0.25) is 0 Å². The summed E-state index contributed by atoms with van der Waals surface area (Å²) in [4.78, 5) is 2.43. The third kappa shape index (κ3) is 7.47. The van der Waals surface area contributed by atoms with Crippen LogP contribution in [0.15, 0.2) is 188 Å². The van der Waals surface area contributed by atoms with E-state index in [4.69, 9.17) is 0 Å². The van der Waals surface area contributed by atoms with Crippen LogP contribution in [-0.4, -0.2) is 0 Å². The van der Waals surface area contributed by atoms with E-state index in [0.29, 0.717) is 0 Å². The first-order valence-corrected chi connectivity index (χ1v) is 18.4. The number of anilines is 3. The highest BCUT2D eigenvalue weighted by Gasteiger charge is 2.19. The van der Waals surface area contributed by atoms with Gasteiger partial charge in [-0.2, -0.15) is 0 Å². The maximum Gasteiger partial charge on any atom is 0.0473 e. The Morgan fingerprint density at radius 3 is 0.811 bits per heavy atom. The second kappa shape index (κ2) is 14.7. The van der Waals surface area contributed by atoms with Gasteiger partial charge in [-0.25, -0.2) is 0 Å². The molecule has 1 nitrogen and oxygen atoms in total. The Kier molecular flexibility index (Phi) is 9.32. The molecule has 8 rings (SSSR count). The zero-order valence-electron chi connectivity index (χ0n) is 30.8. The van der Waals surface area contributed by atoms with Crippen LogP contribution in [0, 0.1) is 27.7 Å². The molecule has 8 aromatic carbocycles. The Bertz CT molecular complexity index is 2210. The predicted octanol–water partition coefficient (Wildman–Crippen LogP) is 14.7. The summed E-state index contributed by atoms with van der Waals surface area (Å²) in [5.74, 6) is 0. The minimum atomic E-state index is 1.09. The third-order valence-corrected chi connectivity index (χ3v) is 10.1. The quantitative estimate of drug-likeness (QED) is 0.154. The van der Waals surface area contributed by atoms with Gasteiger partial charge in [0, 0.05) is 17.1 Å². The molecule has 0 saturated carbocycles. The van der Waals surface area contributed by atoms with E-state index in [1.165, 1.54) is 77.9 Å². The van der Waals surface area contributed by atoms with Crippen LogP contribution in [-0.2, 0) is 0 Å². The summed E-state index contributed by atoms with van der Waals surface area (Å²) in [7, 11) is 0. The molecule has 0 spiro atoms. The number of rotatable bonds is 8. The fourth-order valence-electron chi connectivity index (χ4n) is 7.01. The fourth-order valence-corrected chi connectivity index (χ4v) is 7.01. The van der Waals surface area contributed by atoms with E-state index < -0.39 is 0 Å². The molecule has 0 aliphatic heterocycles. The lowest BCUT2D eigenvalue weighted by Crippen LogP contribution is -2.11. The van der Waals surface area contributed by atoms with Crippen molar-refractivity contribution < 1.29 is 0 Å². The number of nitrogens with zero attached hydrogens (tertiary/aromatic N) is 1. The van der Waals surface area contributed by atoms with Crippen molar-refractivity contribution >= 4 is 17.1 Å². The van der Waals surface area contributed by atoms with Crippen LogP contribution in [0.25, 0.3) is 55.6 Å². The highest BCUT2D eigenvalue weighted by atomic mass is 15.1. The maximum absolute atomic E-state index is 2.43. The Labute approximate surface area is 314 Å². The van der Waals surface area contributed by atoms with Crippen molar-refractivity contribution in [2.45, 2.75) is 27.7 Å². The van der Waals surface area contributed by atoms with Gasteiger partial charge in [0.05, 0.1) is 0 Å². The standard InChI is InChI=1S/C52H43N/c1-36-10-18-42(19-11-36)46-30-47(43-20-12-37(2)13-21-43)33-51(32-46)53(50-28-26-41(27-29-50)40-8-6-5-7-9-40)52-34-48(44-22-14-38(3)15-23-44)31-49(35-52)45-24-16-39(4)17-25-45/h5-35H,1-4H3. The van der Waals surface area contributed by atoms with Crippen LogP contribution in [0.4, 0.5) is 17.1 Å². The van der Waals surface area contributed by atoms with Crippen molar-refractivity contribution in [2.24, 2.45) is 0 Å². The summed E-state index contributed by atoms with van der Waals surface area (Å²) in [5, 5.41) is 0. The van der Waals surface area contributed by atoms with Gasteiger partial charge in [-0.05, 0) is 132 Å². The van der Waals surface area contributed by atoms with Crippen molar-refractivity contribution in [1.29, 1.82) is 0 Å². The summed E-state index contributed by atoms with van der Waals surface area (Å²) in [5.41, 5.74) is 20.2. The highest BCUT2D eigenvalue weighted by Crippen LogP contribution is 2.43. The average molecular weight is 682 g/mol. The number of aryl methyl sites for hydroxylation is 4. The molecule has 0 aliphatic carbocycles. The van der Waals surface area contributed by atoms with E-state index in [2.05, 4.69) is 221 Å². The average Bonchev–Trinajstić information content (AvgIpc) is 3.19. The second-order valence-corrected chi connectivity index (χ2v) is 14.2. The van der Waals surface area contributed by atoms with Crippen molar-refractivity contribution in [3.63, 3.8) is 0 Å². The van der Waals surface area contributed by atoms with Gasteiger partial charge in [0.15, 0.2) is 0 Å². The summed E-state index contributed by atoms with van der Waals surface area (Å²) < 4.78 is 0. The zero-order valence-corrected chi connectivity index (χ0v) is 30.8. The number of hydrogen-bond donors (Lipinski definition) is 0. The van der Waals surface area contributed by atoms with Crippen LogP contribution >= 0.6 is 0 Å². The Morgan fingerprint density at radius 1 is 0.226 bits per heavy atom. The number of hydrogen-bond acceptors (Lipinski definition) is 1. The third-order valence-electron chi connectivity index (χ3n) is 10.1. The lowest BCUT2D eigenvalue weighted by atomic mass is 9.94. The summed E-state index contributed by atoms with van der Waals surface area (Å²) in [6.45, 7) is 8.58. The van der Waals surface area contributed by atoms with E-state index in [9.17, 15) is 0 Å². The monoisotopic (exact) mass is 681 g/mol. The van der Waals surface area contributed by atoms with E-state index in [1.807, 2.05) is 0 Å². The molecule has 0 radical (unpaired) electrons. The molecule has 0 heterocycles. The molecule has 8 aromatic rings. The van der Waals surface area contributed by atoms with Crippen molar-refractivity contribution in [2.75, 3.05) is 4.90 Å². The summed E-state index contributed by atoms with van der Waals surface area (Å²) >= 11 is 0. The molecule has 256 valence electrons.